The van der Waals surface area contributed by atoms with Crippen LogP contribution in [0, 0.1) is 6.92 Å². The normalized spacial score (nSPS) is 23.3. The Morgan fingerprint density at radius 2 is 1.68 bits per heavy atom. The molecule has 0 aliphatic heterocycles. The van der Waals surface area contributed by atoms with Crippen LogP contribution in [0.3, 0.4) is 0 Å². The number of hydrogen-bond acceptors (Lipinski definition) is 5. The third kappa shape index (κ3) is 4.62. The van der Waals surface area contributed by atoms with Crippen LogP contribution >= 0.6 is 0 Å². The predicted octanol–water partition coefficient (Wildman–Crippen LogP) is 3.72. The van der Waals surface area contributed by atoms with Crippen LogP contribution in [-0.2, 0) is 21.0 Å². The van der Waals surface area contributed by atoms with E-state index in [1.807, 2.05) is 31.2 Å². The topological polar surface area (TPSA) is 98.5 Å². The summed E-state index contributed by atoms with van der Waals surface area (Å²) in [5, 5.41) is 1.94. The molecule has 2 aromatic rings. The second kappa shape index (κ2) is 8.28. The standard InChI is InChI=1S/C24H32N2O4S/c1-6-17-9-11-18(12-10-17)20-21(31(28,29)19-13-7-16(2)8-14-19)24(20,15-25)26-22(27)30-23(3,4)5/h7-14,20-21H,6,15,25H2,1-5H3,(H,26,27)/t20-,21-,24-/m0/s1. The summed E-state index contributed by atoms with van der Waals surface area (Å²) in [5.74, 6) is -0.470. The van der Waals surface area contributed by atoms with Gasteiger partial charge in [-0.2, -0.15) is 0 Å². The minimum atomic E-state index is -3.75. The molecule has 0 saturated heterocycles. The van der Waals surface area contributed by atoms with E-state index < -0.39 is 38.2 Å². The van der Waals surface area contributed by atoms with E-state index in [1.54, 1.807) is 45.0 Å². The zero-order valence-electron chi connectivity index (χ0n) is 18.8. The Labute approximate surface area is 185 Å². The summed E-state index contributed by atoms with van der Waals surface area (Å²) >= 11 is 0. The maximum atomic E-state index is 13.6. The van der Waals surface area contributed by atoms with Crippen molar-refractivity contribution >= 4 is 15.9 Å². The van der Waals surface area contributed by atoms with Crippen LogP contribution in [0.25, 0.3) is 0 Å². The second-order valence-corrected chi connectivity index (χ2v) is 11.3. The summed E-state index contributed by atoms with van der Waals surface area (Å²) in [7, 11) is -3.75. The molecule has 0 bridgehead atoms. The van der Waals surface area contributed by atoms with Gasteiger partial charge in [0.1, 0.15) is 10.9 Å². The van der Waals surface area contributed by atoms with E-state index in [9.17, 15) is 13.2 Å². The van der Waals surface area contributed by atoms with Crippen LogP contribution in [0.4, 0.5) is 4.79 Å². The highest BCUT2D eigenvalue weighted by atomic mass is 32.2. The van der Waals surface area contributed by atoms with Crippen LogP contribution in [0.5, 0.6) is 0 Å². The molecule has 3 rings (SSSR count). The molecular formula is C24H32N2O4S. The van der Waals surface area contributed by atoms with Crippen LogP contribution in [0.2, 0.25) is 0 Å². The molecule has 31 heavy (non-hydrogen) atoms. The van der Waals surface area contributed by atoms with Crippen LogP contribution in [0.15, 0.2) is 53.4 Å². The number of carbonyl (C=O) groups is 1. The fourth-order valence-electron chi connectivity index (χ4n) is 4.10. The number of alkyl carbamates (subject to hydrolysis) is 1. The molecule has 0 radical (unpaired) electrons. The lowest BCUT2D eigenvalue weighted by molar-refractivity contribution is 0.0497. The summed E-state index contributed by atoms with van der Waals surface area (Å²) in [6.07, 6.45) is 0.212. The summed E-state index contributed by atoms with van der Waals surface area (Å²) in [4.78, 5) is 12.8. The Balaban J connectivity index is 2.03. The number of ether oxygens (including phenoxy) is 1. The number of rotatable bonds is 6. The van der Waals surface area contributed by atoms with Crippen LogP contribution in [0.1, 0.15) is 50.3 Å². The summed E-state index contributed by atoms with van der Waals surface area (Å²) in [6, 6.07) is 14.6. The molecule has 6 nitrogen and oxygen atoms in total. The third-order valence-corrected chi connectivity index (χ3v) is 8.05. The van der Waals surface area contributed by atoms with Crippen molar-refractivity contribution in [3.63, 3.8) is 0 Å². The molecule has 1 aliphatic carbocycles. The van der Waals surface area contributed by atoms with Crippen molar-refractivity contribution in [1.29, 1.82) is 0 Å². The van der Waals surface area contributed by atoms with E-state index in [0.717, 1.165) is 23.1 Å². The average Bonchev–Trinajstić information content (AvgIpc) is 3.36. The van der Waals surface area contributed by atoms with Gasteiger partial charge in [0.25, 0.3) is 0 Å². The number of benzene rings is 2. The Hall–Kier alpha value is -2.38. The van der Waals surface area contributed by atoms with Gasteiger partial charge < -0.3 is 15.8 Å². The fourth-order valence-corrected chi connectivity index (χ4v) is 6.45. The van der Waals surface area contributed by atoms with Gasteiger partial charge in [-0.3, -0.25) is 0 Å². The molecular weight excluding hydrogens is 412 g/mol. The zero-order valence-corrected chi connectivity index (χ0v) is 19.6. The molecule has 168 valence electrons. The summed E-state index contributed by atoms with van der Waals surface area (Å²) in [5.41, 5.74) is 7.23. The minimum Gasteiger partial charge on any atom is -0.444 e. The molecule has 0 aromatic heterocycles. The fraction of sp³-hybridized carbons (Fsp3) is 0.458. The number of nitrogens with two attached hydrogens (primary N) is 1. The zero-order chi connectivity index (χ0) is 23.0. The van der Waals surface area contributed by atoms with Gasteiger partial charge in [-0.1, -0.05) is 48.9 Å². The summed E-state index contributed by atoms with van der Waals surface area (Å²) < 4.78 is 32.6. The van der Waals surface area contributed by atoms with E-state index in [2.05, 4.69) is 12.2 Å². The van der Waals surface area contributed by atoms with Crippen LogP contribution in [-0.4, -0.2) is 37.4 Å². The van der Waals surface area contributed by atoms with Crippen molar-refractivity contribution in [1.82, 2.24) is 5.32 Å². The van der Waals surface area contributed by atoms with Gasteiger partial charge in [-0.25, -0.2) is 13.2 Å². The van der Waals surface area contributed by atoms with Crippen molar-refractivity contribution in [2.75, 3.05) is 6.54 Å². The minimum absolute atomic E-state index is 0.0256. The Morgan fingerprint density at radius 3 is 2.16 bits per heavy atom. The highest BCUT2D eigenvalue weighted by molar-refractivity contribution is 7.92. The summed E-state index contributed by atoms with van der Waals surface area (Å²) in [6.45, 7) is 9.22. The quantitative estimate of drug-likeness (QED) is 0.708. The first-order valence-corrected chi connectivity index (χ1v) is 12.1. The highest BCUT2D eigenvalue weighted by Crippen LogP contribution is 2.57. The van der Waals surface area contributed by atoms with Crippen molar-refractivity contribution in [3.8, 4) is 0 Å². The number of carbonyl (C=O) groups excluding carboxylic acids is 1. The lowest BCUT2D eigenvalue weighted by atomic mass is 10.0. The van der Waals surface area contributed by atoms with Gasteiger partial charge in [0.15, 0.2) is 9.84 Å². The monoisotopic (exact) mass is 444 g/mol. The first kappa shape index (κ1) is 23.3. The van der Waals surface area contributed by atoms with Crippen molar-refractivity contribution in [3.05, 3.63) is 65.2 Å². The number of amides is 1. The van der Waals surface area contributed by atoms with Crippen LogP contribution < -0.4 is 11.1 Å². The molecule has 7 heteroatoms. The molecule has 0 spiro atoms. The molecule has 1 aliphatic rings. The Bertz CT molecular complexity index is 1040. The number of nitrogens with one attached hydrogen (secondary N) is 1. The molecule has 3 atom stereocenters. The van der Waals surface area contributed by atoms with E-state index in [1.165, 1.54) is 0 Å². The smallest absolute Gasteiger partial charge is 0.408 e. The molecule has 1 fully saturated rings. The SMILES string of the molecule is CCc1ccc([C@H]2[C@H](S(=O)(=O)c3ccc(C)cc3)[C@@]2(CN)NC(=O)OC(C)(C)C)cc1. The van der Waals surface area contributed by atoms with Gasteiger partial charge in [0.05, 0.1) is 10.4 Å². The van der Waals surface area contributed by atoms with Crippen molar-refractivity contribution in [2.45, 2.75) is 68.2 Å². The molecule has 1 amide bonds. The van der Waals surface area contributed by atoms with Crippen molar-refractivity contribution in [2.24, 2.45) is 5.73 Å². The second-order valence-electron chi connectivity index (χ2n) is 9.22. The largest absolute Gasteiger partial charge is 0.444 e. The van der Waals surface area contributed by atoms with E-state index in [-0.39, 0.29) is 11.4 Å². The average molecular weight is 445 g/mol. The molecule has 1 saturated carbocycles. The number of sulfone groups is 1. The lowest BCUT2D eigenvalue weighted by Gasteiger charge is -2.24. The lowest BCUT2D eigenvalue weighted by Crippen LogP contribution is -2.49. The van der Waals surface area contributed by atoms with E-state index in [4.69, 9.17) is 10.5 Å². The number of aryl methyl sites for hydroxylation is 2. The maximum Gasteiger partial charge on any atom is 0.408 e. The van der Waals surface area contributed by atoms with Crippen molar-refractivity contribution < 1.29 is 17.9 Å². The number of hydrogen-bond donors (Lipinski definition) is 2. The third-order valence-electron chi connectivity index (χ3n) is 5.76. The molecule has 3 N–H and O–H groups in total. The van der Waals surface area contributed by atoms with E-state index >= 15 is 0 Å². The molecule has 0 heterocycles. The Kier molecular flexibility index (Phi) is 6.22. The van der Waals surface area contributed by atoms with E-state index in [0.29, 0.717) is 0 Å². The van der Waals surface area contributed by atoms with Gasteiger partial charge in [-0.15, -0.1) is 0 Å². The van der Waals surface area contributed by atoms with Gasteiger partial charge in [0.2, 0.25) is 0 Å². The maximum absolute atomic E-state index is 13.6. The van der Waals surface area contributed by atoms with Gasteiger partial charge in [0, 0.05) is 12.5 Å². The van der Waals surface area contributed by atoms with Gasteiger partial charge >= 0.3 is 6.09 Å². The first-order chi connectivity index (χ1) is 14.4. The van der Waals surface area contributed by atoms with Gasteiger partial charge in [-0.05, 0) is 57.4 Å². The predicted molar refractivity (Wildman–Crippen MR) is 122 cm³/mol. The first-order valence-electron chi connectivity index (χ1n) is 10.6. The highest BCUT2D eigenvalue weighted by Gasteiger charge is 2.71. The Morgan fingerprint density at radius 1 is 1.10 bits per heavy atom. The molecule has 2 aromatic carbocycles. The molecule has 0 unspecified atom stereocenters.